The predicted octanol–water partition coefficient (Wildman–Crippen LogP) is 10.0. The molecule has 4 heteroatoms. The Labute approximate surface area is 267 Å². The molecule has 4 nitrogen and oxygen atoms in total. The lowest BCUT2D eigenvalue weighted by atomic mass is 9.78. The van der Waals surface area contributed by atoms with Gasteiger partial charge in [0, 0.05) is 24.8 Å². The lowest BCUT2D eigenvalue weighted by molar-refractivity contribution is 0.556. The fourth-order valence-electron chi connectivity index (χ4n) is 6.65. The predicted molar refractivity (Wildman–Crippen MR) is 189 cm³/mol. The largest absolute Gasteiger partial charge is 0.366 e. The zero-order chi connectivity index (χ0) is 32.2. The highest BCUT2D eigenvalue weighted by molar-refractivity contribution is 5.69. The van der Waals surface area contributed by atoms with Gasteiger partial charge >= 0.3 is 0 Å². The Morgan fingerprint density at radius 2 is 0.750 bits per heavy atom. The molecular formula is C40H54N4. The normalized spacial score (nSPS) is 19.0. The molecule has 0 saturated heterocycles. The molecule has 2 aliphatic heterocycles. The van der Waals surface area contributed by atoms with Gasteiger partial charge in [0.2, 0.25) is 0 Å². The van der Waals surface area contributed by atoms with E-state index in [-0.39, 0.29) is 34.0 Å². The first-order valence-corrected chi connectivity index (χ1v) is 16.2. The van der Waals surface area contributed by atoms with E-state index < -0.39 is 0 Å². The van der Waals surface area contributed by atoms with Crippen LogP contribution in [0.4, 0.5) is 11.4 Å². The van der Waals surface area contributed by atoms with E-state index in [1.54, 1.807) is 0 Å². The van der Waals surface area contributed by atoms with Gasteiger partial charge in [-0.25, -0.2) is 0 Å². The summed E-state index contributed by atoms with van der Waals surface area (Å²) in [4.78, 5) is 4.90. The number of para-hydroxylation sites is 2. The summed E-state index contributed by atoms with van der Waals surface area (Å²) >= 11 is 0. The van der Waals surface area contributed by atoms with Crippen LogP contribution >= 0.6 is 0 Å². The van der Waals surface area contributed by atoms with Gasteiger partial charge < -0.3 is 20.4 Å². The third-order valence-electron chi connectivity index (χ3n) is 8.90. The first-order chi connectivity index (χ1) is 20.4. The average molecular weight is 591 g/mol. The van der Waals surface area contributed by atoms with Crippen molar-refractivity contribution in [3.63, 3.8) is 0 Å². The molecule has 0 fully saturated rings. The zero-order valence-electron chi connectivity index (χ0n) is 29.1. The van der Waals surface area contributed by atoms with Crippen molar-refractivity contribution in [1.82, 2.24) is 10.6 Å². The van der Waals surface area contributed by atoms with E-state index in [9.17, 15) is 0 Å². The second kappa shape index (κ2) is 11.1. The number of hydrogen-bond donors (Lipinski definition) is 2. The molecule has 0 amide bonds. The summed E-state index contributed by atoms with van der Waals surface area (Å²) < 4.78 is 0. The molecule has 2 unspecified atom stereocenters. The lowest BCUT2D eigenvalue weighted by Gasteiger charge is -2.38. The van der Waals surface area contributed by atoms with E-state index in [2.05, 4.69) is 189 Å². The highest BCUT2D eigenvalue weighted by Gasteiger charge is 2.35. The molecule has 2 aliphatic rings. The minimum Gasteiger partial charge on any atom is -0.366 e. The Bertz CT molecular complexity index is 1390. The Hall–Kier alpha value is -3.66. The highest BCUT2D eigenvalue weighted by atomic mass is 15.3. The molecular weight excluding hydrogens is 536 g/mol. The summed E-state index contributed by atoms with van der Waals surface area (Å²) in [6.45, 7) is 27.8. The molecule has 0 saturated carbocycles. The number of anilines is 2. The van der Waals surface area contributed by atoms with Gasteiger partial charge in [0.15, 0.2) is 0 Å². The van der Waals surface area contributed by atoms with Crippen LogP contribution < -0.4 is 20.4 Å². The van der Waals surface area contributed by atoms with Gasteiger partial charge in [0.05, 0.1) is 11.4 Å². The number of nitrogens with zero attached hydrogens (tertiary/aromatic N) is 2. The smallest absolute Gasteiger partial charge is 0.129 e. The van der Waals surface area contributed by atoms with Gasteiger partial charge in [-0.3, -0.25) is 0 Å². The van der Waals surface area contributed by atoms with Crippen LogP contribution in [0.25, 0.3) is 0 Å². The SMILES string of the molecule is CC(C)(C)c1cccc(C(C)(C)C)c1N1C=CNC1c1cccc(C2NC=CN2c2c(C(C)(C)C)cccc2C(C)(C)C)c1. The van der Waals surface area contributed by atoms with Gasteiger partial charge in [-0.15, -0.1) is 0 Å². The van der Waals surface area contributed by atoms with Crippen molar-refractivity contribution in [3.05, 3.63) is 119 Å². The standard InChI is InChI=1S/C40H54N4/c1-37(2,3)29-18-14-19-30(38(4,5)6)33(29)43-24-22-41-35(43)27-16-13-17-28(26-27)36-42-23-25-44(36)34-31(39(7,8)9)20-15-21-32(34)40(10,11)12/h13-26,35-36,41-42H,1-12H3. The van der Waals surface area contributed by atoms with E-state index in [0.29, 0.717) is 0 Å². The third kappa shape index (κ3) is 6.01. The first kappa shape index (κ1) is 31.8. The highest BCUT2D eigenvalue weighted by Crippen LogP contribution is 2.46. The molecule has 3 aromatic rings. The number of nitrogens with one attached hydrogen (secondary N) is 2. The molecule has 44 heavy (non-hydrogen) atoms. The van der Waals surface area contributed by atoms with Crippen molar-refractivity contribution in [2.75, 3.05) is 9.80 Å². The number of rotatable bonds is 4. The van der Waals surface area contributed by atoms with E-state index in [4.69, 9.17) is 0 Å². The number of hydrogen-bond acceptors (Lipinski definition) is 4. The van der Waals surface area contributed by atoms with Crippen molar-refractivity contribution in [3.8, 4) is 0 Å². The van der Waals surface area contributed by atoms with Gasteiger partial charge in [-0.2, -0.15) is 0 Å². The van der Waals surface area contributed by atoms with Crippen LogP contribution in [-0.4, -0.2) is 0 Å². The van der Waals surface area contributed by atoms with Crippen molar-refractivity contribution < 1.29 is 0 Å². The Morgan fingerprint density at radius 1 is 0.455 bits per heavy atom. The second-order valence-electron chi connectivity index (χ2n) is 16.7. The monoisotopic (exact) mass is 590 g/mol. The van der Waals surface area contributed by atoms with Gasteiger partial charge in [-0.1, -0.05) is 138 Å². The minimum atomic E-state index is -0.00522. The Balaban J connectivity index is 1.59. The summed E-state index contributed by atoms with van der Waals surface area (Å²) in [5.74, 6) is 0. The van der Waals surface area contributed by atoms with Gasteiger partial charge in [0.1, 0.15) is 12.3 Å². The summed E-state index contributed by atoms with van der Waals surface area (Å²) in [5.41, 5.74) is 10.6. The second-order valence-corrected chi connectivity index (χ2v) is 16.7. The maximum Gasteiger partial charge on any atom is 0.129 e. The average Bonchev–Trinajstić information content (AvgIpc) is 3.61. The molecule has 5 rings (SSSR count). The molecule has 3 aromatic carbocycles. The van der Waals surface area contributed by atoms with E-state index in [0.717, 1.165) is 0 Å². The molecule has 2 atom stereocenters. The van der Waals surface area contributed by atoms with Crippen LogP contribution in [0.15, 0.2) is 85.5 Å². The Morgan fingerprint density at radius 3 is 1.05 bits per heavy atom. The topological polar surface area (TPSA) is 30.5 Å². The lowest BCUT2D eigenvalue weighted by Crippen LogP contribution is -2.33. The quantitative estimate of drug-likeness (QED) is 0.317. The summed E-state index contributed by atoms with van der Waals surface area (Å²) in [6, 6.07) is 22.8. The molecule has 234 valence electrons. The summed E-state index contributed by atoms with van der Waals surface area (Å²) in [5, 5.41) is 7.39. The molecule has 0 bridgehead atoms. The van der Waals surface area contributed by atoms with E-state index >= 15 is 0 Å². The third-order valence-corrected chi connectivity index (χ3v) is 8.90. The van der Waals surface area contributed by atoms with Crippen LogP contribution in [0.2, 0.25) is 0 Å². The summed E-state index contributed by atoms with van der Waals surface area (Å²) in [6.07, 6.45) is 8.62. The maximum absolute atomic E-state index is 3.69. The van der Waals surface area contributed by atoms with Crippen LogP contribution in [0.3, 0.4) is 0 Å². The molecule has 0 aliphatic carbocycles. The molecule has 2 heterocycles. The maximum atomic E-state index is 3.69. The molecule has 0 radical (unpaired) electrons. The van der Waals surface area contributed by atoms with E-state index in [1.807, 2.05) is 0 Å². The fourth-order valence-corrected chi connectivity index (χ4v) is 6.65. The van der Waals surface area contributed by atoms with Gasteiger partial charge in [-0.05, 0) is 61.1 Å². The molecule has 0 spiro atoms. The number of benzene rings is 3. The van der Waals surface area contributed by atoms with Crippen LogP contribution in [0.1, 0.15) is 129 Å². The van der Waals surface area contributed by atoms with E-state index in [1.165, 1.54) is 44.8 Å². The van der Waals surface area contributed by atoms with Crippen molar-refractivity contribution in [2.45, 2.75) is 117 Å². The Kier molecular flexibility index (Phi) is 7.98. The van der Waals surface area contributed by atoms with Crippen LogP contribution in [-0.2, 0) is 21.7 Å². The minimum absolute atomic E-state index is 0.00453. The molecule has 2 N–H and O–H groups in total. The summed E-state index contributed by atoms with van der Waals surface area (Å²) in [7, 11) is 0. The first-order valence-electron chi connectivity index (χ1n) is 16.2. The van der Waals surface area contributed by atoms with Crippen molar-refractivity contribution in [2.24, 2.45) is 0 Å². The van der Waals surface area contributed by atoms with Crippen molar-refractivity contribution in [1.29, 1.82) is 0 Å². The van der Waals surface area contributed by atoms with Crippen LogP contribution in [0.5, 0.6) is 0 Å². The van der Waals surface area contributed by atoms with Crippen molar-refractivity contribution >= 4 is 11.4 Å². The molecule has 0 aromatic heterocycles. The zero-order valence-corrected chi connectivity index (χ0v) is 29.1. The van der Waals surface area contributed by atoms with Gasteiger partial charge in [0.25, 0.3) is 0 Å². The fraction of sp³-hybridized carbons (Fsp3) is 0.450. The van der Waals surface area contributed by atoms with Crippen LogP contribution in [0, 0.1) is 0 Å².